The van der Waals surface area contributed by atoms with Crippen molar-refractivity contribution >= 4 is 43.0 Å². The van der Waals surface area contributed by atoms with Gasteiger partial charge in [0.15, 0.2) is 0 Å². The topological polar surface area (TPSA) is 136 Å². The van der Waals surface area contributed by atoms with E-state index in [0.29, 0.717) is 36.3 Å². The Balaban J connectivity index is 1.51. The van der Waals surface area contributed by atoms with Gasteiger partial charge >= 0.3 is 7.82 Å². The Morgan fingerprint density at radius 3 is 2.02 bits per heavy atom. The van der Waals surface area contributed by atoms with Gasteiger partial charge in [0.2, 0.25) is 11.8 Å². The standard InChI is InChI=1S/C32H36N3O7P/c1-32(2,3)29(33-28(36)21-18-23-16-19-26(20-17-23)42-43(39,40)41)31(38)34-22-10-15-27(34)30(37)35(24-11-6-4-7-12-24)25-13-8-5-9-14-25/h4-9,11-14,16-21,27,29H,10,15,22H2,1-3H3,(H,33,36)(H2,39,40,41)/b21-18+/t27?,29-/m1/s1. The molecule has 1 fully saturated rings. The van der Waals surface area contributed by atoms with Crippen LogP contribution in [0.15, 0.2) is 91.0 Å². The minimum absolute atomic E-state index is 0.0128. The molecule has 1 heterocycles. The van der Waals surface area contributed by atoms with Crippen LogP contribution in [0.1, 0.15) is 39.2 Å². The molecule has 3 aromatic rings. The number of nitrogens with zero attached hydrogens (tertiary/aromatic N) is 2. The normalized spacial score (nSPS) is 16.1. The molecule has 1 aliphatic rings. The SMILES string of the molecule is CC(C)(C)[C@H](NC(=O)/C=C/c1ccc(OP(=O)(O)O)cc1)C(=O)N1CCCC1C(=O)N(c1ccccc1)c1ccccc1. The summed E-state index contributed by atoms with van der Waals surface area (Å²) >= 11 is 0. The average Bonchev–Trinajstić information content (AvgIpc) is 3.45. The lowest BCUT2D eigenvalue weighted by molar-refractivity contribution is -0.142. The summed E-state index contributed by atoms with van der Waals surface area (Å²) in [7, 11) is -4.67. The third kappa shape index (κ3) is 8.41. The van der Waals surface area contributed by atoms with E-state index in [1.54, 1.807) is 9.80 Å². The fourth-order valence-electron chi connectivity index (χ4n) is 4.95. The predicted molar refractivity (Wildman–Crippen MR) is 164 cm³/mol. The van der Waals surface area contributed by atoms with Gasteiger partial charge in [0.1, 0.15) is 17.8 Å². The molecule has 1 unspecified atom stereocenters. The van der Waals surface area contributed by atoms with Gasteiger partial charge in [-0.15, -0.1) is 0 Å². The van der Waals surface area contributed by atoms with Crippen molar-refractivity contribution < 1.29 is 33.3 Å². The number of benzene rings is 3. The fourth-order valence-corrected chi connectivity index (χ4v) is 5.34. The zero-order valence-corrected chi connectivity index (χ0v) is 25.2. The van der Waals surface area contributed by atoms with E-state index in [0.717, 1.165) is 0 Å². The van der Waals surface area contributed by atoms with Crippen LogP contribution in [0.3, 0.4) is 0 Å². The highest BCUT2D eigenvalue weighted by molar-refractivity contribution is 7.46. The Kier molecular flexibility index (Phi) is 9.86. The van der Waals surface area contributed by atoms with Crippen LogP contribution >= 0.6 is 7.82 Å². The quantitative estimate of drug-likeness (QED) is 0.229. The number of likely N-dealkylation sites (tertiary alicyclic amines) is 1. The van der Waals surface area contributed by atoms with Gasteiger partial charge in [-0.05, 0) is 66.3 Å². The first-order valence-corrected chi connectivity index (χ1v) is 15.4. The number of hydrogen-bond donors (Lipinski definition) is 3. The Labute approximate surface area is 251 Å². The summed E-state index contributed by atoms with van der Waals surface area (Å²) < 4.78 is 15.5. The molecule has 0 radical (unpaired) electrons. The first kappa shape index (κ1) is 31.7. The molecule has 0 saturated carbocycles. The number of phosphoric ester groups is 1. The number of carbonyl (C=O) groups is 3. The van der Waals surface area contributed by atoms with Crippen LogP contribution in [-0.2, 0) is 18.9 Å². The van der Waals surface area contributed by atoms with Crippen LogP contribution in [0.2, 0.25) is 0 Å². The Morgan fingerprint density at radius 1 is 0.953 bits per heavy atom. The van der Waals surface area contributed by atoms with Crippen LogP contribution < -0.4 is 14.7 Å². The van der Waals surface area contributed by atoms with Crippen molar-refractivity contribution in [1.82, 2.24) is 10.2 Å². The van der Waals surface area contributed by atoms with Crippen molar-refractivity contribution in [2.45, 2.75) is 45.7 Å². The van der Waals surface area contributed by atoms with Gasteiger partial charge in [0, 0.05) is 24.0 Å². The van der Waals surface area contributed by atoms with E-state index in [4.69, 9.17) is 9.79 Å². The monoisotopic (exact) mass is 605 g/mol. The number of para-hydroxylation sites is 2. The Bertz CT molecular complexity index is 1460. The van der Waals surface area contributed by atoms with E-state index >= 15 is 0 Å². The number of amides is 3. The molecule has 10 nitrogen and oxygen atoms in total. The van der Waals surface area contributed by atoms with Crippen LogP contribution in [0.4, 0.5) is 11.4 Å². The highest BCUT2D eigenvalue weighted by Crippen LogP contribution is 2.37. The van der Waals surface area contributed by atoms with Crippen LogP contribution in [-0.4, -0.2) is 51.0 Å². The van der Waals surface area contributed by atoms with Gasteiger partial charge in [0.05, 0.1) is 0 Å². The molecule has 11 heteroatoms. The van der Waals surface area contributed by atoms with Crippen molar-refractivity contribution in [3.05, 3.63) is 96.6 Å². The van der Waals surface area contributed by atoms with Gasteiger partial charge in [-0.25, -0.2) is 4.57 Å². The third-order valence-corrected chi connectivity index (χ3v) is 7.45. The number of nitrogens with one attached hydrogen (secondary N) is 1. The zero-order chi connectivity index (χ0) is 31.2. The Morgan fingerprint density at radius 2 is 1.51 bits per heavy atom. The molecule has 226 valence electrons. The highest BCUT2D eigenvalue weighted by atomic mass is 31.2. The predicted octanol–water partition coefficient (Wildman–Crippen LogP) is 5.06. The van der Waals surface area contributed by atoms with Crippen molar-refractivity contribution in [2.75, 3.05) is 11.4 Å². The summed E-state index contributed by atoms with van der Waals surface area (Å²) in [6.07, 6.45) is 3.96. The molecule has 0 aromatic heterocycles. The summed E-state index contributed by atoms with van der Waals surface area (Å²) in [6, 6.07) is 22.8. The lowest BCUT2D eigenvalue weighted by Crippen LogP contribution is -2.57. The van der Waals surface area contributed by atoms with E-state index in [2.05, 4.69) is 9.84 Å². The van der Waals surface area contributed by atoms with Crippen LogP contribution in [0.25, 0.3) is 6.08 Å². The lowest BCUT2D eigenvalue weighted by atomic mass is 9.85. The van der Waals surface area contributed by atoms with E-state index in [9.17, 15) is 18.9 Å². The summed E-state index contributed by atoms with van der Waals surface area (Å²) in [5, 5.41) is 2.83. The molecular weight excluding hydrogens is 569 g/mol. The zero-order valence-electron chi connectivity index (χ0n) is 24.3. The number of carbonyl (C=O) groups excluding carboxylic acids is 3. The second kappa shape index (κ2) is 13.4. The van der Waals surface area contributed by atoms with Crippen molar-refractivity contribution in [2.24, 2.45) is 5.41 Å². The number of anilines is 2. The molecule has 1 aliphatic heterocycles. The first-order valence-electron chi connectivity index (χ1n) is 13.9. The number of phosphoric acid groups is 1. The van der Waals surface area contributed by atoms with E-state index in [-0.39, 0.29) is 17.6 Å². The molecule has 3 aromatic carbocycles. The van der Waals surface area contributed by atoms with Crippen molar-refractivity contribution in [1.29, 1.82) is 0 Å². The van der Waals surface area contributed by atoms with E-state index in [1.165, 1.54) is 36.4 Å². The summed E-state index contributed by atoms with van der Waals surface area (Å²) in [5.74, 6) is -1.05. The van der Waals surface area contributed by atoms with E-state index < -0.39 is 31.2 Å². The molecule has 3 N–H and O–H groups in total. The lowest BCUT2D eigenvalue weighted by Gasteiger charge is -2.36. The van der Waals surface area contributed by atoms with Gasteiger partial charge < -0.3 is 14.7 Å². The molecule has 0 spiro atoms. The minimum atomic E-state index is -4.67. The van der Waals surface area contributed by atoms with Gasteiger partial charge in [-0.3, -0.25) is 29.1 Å². The van der Waals surface area contributed by atoms with Crippen LogP contribution in [0, 0.1) is 5.41 Å². The maximum Gasteiger partial charge on any atom is 0.524 e. The number of rotatable bonds is 9. The second-order valence-electron chi connectivity index (χ2n) is 11.3. The minimum Gasteiger partial charge on any atom is -0.404 e. The first-order chi connectivity index (χ1) is 20.3. The maximum absolute atomic E-state index is 14.1. The Hall–Kier alpha value is -4.24. The summed E-state index contributed by atoms with van der Waals surface area (Å²) in [6.45, 7) is 5.96. The van der Waals surface area contributed by atoms with Crippen LogP contribution in [0.5, 0.6) is 5.75 Å². The third-order valence-electron chi connectivity index (χ3n) is 7.00. The molecule has 0 aliphatic carbocycles. The van der Waals surface area contributed by atoms with Crippen molar-refractivity contribution in [3.63, 3.8) is 0 Å². The average molecular weight is 606 g/mol. The van der Waals surface area contributed by atoms with E-state index in [1.807, 2.05) is 81.4 Å². The van der Waals surface area contributed by atoms with Gasteiger partial charge in [-0.2, -0.15) is 0 Å². The molecular formula is C32H36N3O7P. The van der Waals surface area contributed by atoms with Gasteiger partial charge in [-0.1, -0.05) is 69.3 Å². The molecule has 3 amide bonds. The largest absolute Gasteiger partial charge is 0.524 e. The summed E-state index contributed by atoms with van der Waals surface area (Å²) in [5.41, 5.74) is 1.32. The molecule has 2 atom stereocenters. The molecule has 0 bridgehead atoms. The van der Waals surface area contributed by atoms with Crippen molar-refractivity contribution in [3.8, 4) is 5.75 Å². The molecule has 1 saturated heterocycles. The van der Waals surface area contributed by atoms with Gasteiger partial charge in [0.25, 0.3) is 5.91 Å². The smallest absolute Gasteiger partial charge is 0.404 e. The fraction of sp³-hybridized carbons (Fsp3) is 0.281. The highest BCUT2D eigenvalue weighted by Gasteiger charge is 2.43. The second-order valence-corrected chi connectivity index (χ2v) is 12.5. The molecule has 43 heavy (non-hydrogen) atoms. The maximum atomic E-state index is 14.1. The molecule has 4 rings (SSSR count). The summed E-state index contributed by atoms with van der Waals surface area (Å²) in [4.78, 5) is 62.2. The number of hydrogen-bond acceptors (Lipinski definition) is 5.